The Bertz CT molecular complexity index is 145. The third-order valence-electron chi connectivity index (χ3n) is 0.681. The van der Waals surface area contributed by atoms with Crippen LogP contribution >= 0.6 is 0 Å². The zero-order chi connectivity index (χ0) is 7.28. The largest absolute Gasteiger partial charge is 1.00 e. The van der Waals surface area contributed by atoms with Gasteiger partial charge in [0.2, 0.25) is 0 Å². The molecular weight excluding hydrogens is 139 g/mol. The van der Waals surface area contributed by atoms with Gasteiger partial charge in [-0.25, -0.2) is 4.79 Å². The Morgan fingerprint density at radius 3 is 2.60 bits per heavy atom. The van der Waals surface area contributed by atoms with Gasteiger partial charge in [0.1, 0.15) is 6.61 Å². The van der Waals surface area contributed by atoms with E-state index < -0.39 is 0 Å². The molecule has 0 atom stereocenters. The van der Waals surface area contributed by atoms with Gasteiger partial charge in [0.15, 0.2) is 0 Å². The van der Waals surface area contributed by atoms with Gasteiger partial charge < -0.3 is 6.16 Å². The fraction of sp³-hybridized carbons (Fsp3) is 0.286. The number of hydrogen-bond donors (Lipinski definition) is 0. The molecule has 0 aromatic rings. The summed E-state index contributed by atoms with van der Waals surface area (Å²) in [5.41, 5.74) is 0.414. The summed E-state index contributed by atoms with van der Waals surface area (Å²) in [5, 5.41) is 0. The molecule has 3 heteroatoms. The van der Waals surface area contributed by atoms with Crippen molar-refractivity contribution in [1.29, 1.82) is 0 Å². The molecular formula is C7H11NaO2. The van der Waals surface area contributed by atoms with Crippen LogP contribution in [0.25, 0.3) is 0 Å². The fourth-order valence-electron chi connectivity index (χ4n) is 0.258. The summed E-state index contributed by atoms with van der Waals surface area (Å²) in [6, 6.07) is 0. The van der Waals surface area contributed by atoms with Gasteiger partial charge in [-0.1, -0.05) is 19.2 Å². The van der Waals surface area contributed by atoms with Crippen molar-refractivity contribution in [3.05, 3.63) is 24.8 Å². The average molecular weight is 150 g/mol. The Balaban J connectivity index is -0.000000320. The Morgan fingerprint density at radius 1 is 1.80 bits per heavy atom. The van der Waals surface area contributed by atoms with E-state index in [2.05, 4.69) is 17.9 Å². The summed E-state index contributed by atoms with van der Waals surface area (Å²) < 4.78 is 4.60. The maximum atomic E-state index is 10.5. The van der Waals surface area contributed by atoms with E-state index in [4.69, 9.17) is 0 Å². The first-order chi connectivity index (χ1) is 4.18. The molecule has 0 fully saturated rings. The summed E-state index contributed by atoms with van der Waals surface area (Å²) in [7, 11) is 0. The van der Waals surface area contributed by atoms with Crippen LogP contribution in [0.3, 0.4) is 0 Å². The second-order valence-corrected chi connectivity index (χ2v) is 1.67. The molecule has 0 radical (unpaired) electrons. The minimum absolute atomic E-state index is 0. The van der Waals surface area contributed by atoms with Crippen LogP contribution < -0.4 is 29.6 Å². The summed E-state index contributed by atoms with van der Waals surface area (Å²) in [5.74, 6) is -0.366. The number of esters is 1. The Morgan fingerprint density at radius 2 is 2.30 bits per heavy atom. The van der Waals surface area contributed by atoms with Gasteiger partial charge in [-0.2, -0.15) is 0 Å². The molecule has 2 nitrogen and oxygen atoms in total. The van der Waals surface area contributed by atoms with Crippen molar-refractivity contribution >= 4 is 5.97 Å². The summed E-state index contributed by atoms with van der Waals surface area (Å²) >= 11 is 0. The minimum atomic E-state index is -0.366. The number of carbonyl (C=O) groups is 1. The van der Waals surface area contributed by atoms with E-state index in [1.807, 2.05) is 0 Å². The second kappa shape index (κ2) is 7.06. The molecule has 0 aliphatic carbocycles. The molecule has 0 unspecified atom stereocenters. The number of ether oxygens (including phenoxy) is 1. The third kappa shape index (κ3) is 6.08. The molecule has 0 amide bonds. The quantitative estimate of drug-likeness (QED) is 0.210. The van der Waals surface area contributed by atoms with Crippen LogP contribution in [-0.4, -0.2) is 12.6 Å². The Kier molecular flexibility index (Phi) is 8.91. The van der Waals surface area contributed by atoms with Crippen molar-refractivity contribution in [2.24, 2.45) is 0 Å². The first-order valence-electron chi connectivity index (χ1n) is 2.62. The van der Waals surface area contributed by atoms with Gasteiger partial charge in [-0.05, 0) is 6.92 Å². The average Bonchev–Trinajstić information content (AvgIpc) is 1.82. The molecule has 0 spiro atoms. The van der Waals surface area contributed by atoms with Crippen LogP contribution in [0, 0.1) is 0 Å². The molecule has 52 valence electrons. The maximum absolute atomic E-state index is 10.5. The molecule has 0 aliphatic rings. The molecule has 10 heavy (non-hydrogen) atoms. The van der Waals surface area contributed by atoms with Crippen LogP contribution in [0.5, 0.6) is 0 Å². The van der Waals surface area contributed by atoms with E-state index in [-0.39, 0.29) is 43.6 Å². The molecule has 0 saturated carbocycles. The zero-order valence-electron chi connectivity index (χ0n) is 7.52. The van der Waals surface area contributed by atoms with Crippen molar-refractivity contribution in [3.8, 4) is 0 Å². The third-order valence-corrected chi connectivity index (χ3v) is 0.681. The molecule has 0 N–H and O–H groups in total. The first kappa shape index (κ1) is 12.6. The molecule has 0 heterocycles. The van der Waals surface area contributed by atoms with Gasteiger partial charge >= 0.3 is 35.5 Å². The Hall–Kier alpha value is -0.0500. The molecule has 0 aromatic carbocycles. The van der Waals surface area contributed by atoms with Gasteiger partial charge in [0.25, 0.3) is 0 Å². The SMILES string of the molecule is C=CCOC(=O)C(=C)C.[H-].[Na+]. The summed E-state index contributed by atoms with van der Waals surface area (Å²) in [4.78, 5) is 10.5. The summed E-state index contributed by atoms with van der Waals surface area (Å²) in [6.07, 6.45) is 1.51. The molecule has 0 aromatic heterocycles. The monoisotopic (exact) mass is 150 g/mol. The van der Waals surface area contributed by atoms with Gasteiger partial charge in [-0.3, -0.25) is 0 Å². The van der Waals surface area contributed by atoms with Gasteiger partial charge in [0, 0.05) is 5.57 Å². The molecule has 0 aliphatic heterocycles. The van der Waals surface area contributed by atoms with E-state index in [1.54, 1.807) is 6.92 Å². The molecule has 0 bridgehead atoms. The van der Waals surface area contributed by atoms with Crippen molar-refractivity contribution in [1.82, 2.24) is 0 Å². The van der Waals surface area contributed by atoms with E-state index >= 15 is 0 Å². The smallest absolute Gasteiger partial charge is 1.00 e. The van der Waals surface area contributed by atoms with Crippen molar-refractivity contribution in [2.75, 3.05) is 6.61 Å². The van der Waals surface area contributed by atoms with E-state index in [0.717, 1.165) is 0 Å². The van der Waals surface area contributed by atoms with Gasteiger partial charge in [-0.15, -0.1) is 0 Å². The van der Waals surface area contributed by atoms with Crippen LogP contribution in [0.4, 0.5) is 0 Å². The predicted octanol–water partition coefficient (Wildman–Crippen LogP) is -1.59. The standard InChI is InChI=1S/C7H10O2.Na.H/c1-4-5-9-7(8)6(2)3;;/h4H,1-2,5H2,3H3;;/q;+1;-1. The fourth-order valence-corrected chi connectivity index (χ4v) is 0.258. The van der Waals surface area contributed by atoms with E-state index in [1.165, 1.54) is 6.08 Å². The van der Waals surface area contributed by atoms with E-state index in [9.17, 15) is 4.79 Å². The topological polar surface area (TPSA) is 26.3 Å². The number of rotatable bonds is 3. The normalized spacial score (nSPS) is 7.30. The van der Waals surface area contributed by atoms with Crippen molar-refractivity contribution < 1.29 is 40.5 Å². The number of carbonyl (C=O) groups excluding carboxylic acids is 1. The molecule has 0 saturated heterocycles. The number of hydrogen-bond acceptors (Lipinski definition) is 2. The second-order valence-electron chi connectivity index (χ2n) is 1.67. The van der Waals surface area contributed by atoms with E-state index in [0.29, 0.717) is 5.57 Å². The van der Waals surface area contributed by atoms with Crippen molar-refractivity contribution in [2.45, 2.75) is 6.92 Å². The Labute approximate surface area is 84.7 Å². The maximum Gasteiger partial charge on any atom is 1.00 e. The van der Waals surface area contributed by atoms with Crippen LogP contribution in [-0.2, 0) is 9.53 Å². The first-order valence-corrected chi connectivity index (χ1v) is 2.62. The molecule has 0 rings (SSSR count). The minimum Gasteiger partial charge on any atom is -1.00 e. The van der Waals surface area contributed by atoms with Crippen LogP contribution in [0.1, 0.15) is 8.35 Å². The zero-order valence-corrected chi connectivity index (χ0v) is 8.52. The summed E-state index contributed by atoms with van der Waals surface area (Å²) in [6.45, 7) is 8.64. The van der Waals surface area contributed by atoms with Gasteiger partial charge in [0.05, 0.1) is 0 Å². The van der Waals surface area contributed by atoms with Crippen LogP contribution in [0.15, 0.2) is 24.8 Å². The van der Waals surface area contributed by atoms with Crippen LogP contribution in [0.2, 0.25) is 0 Å². The van der Waals surface area contributed by atoms with Crippen molar-refractivity contribution in [3.63, 3.8) is 0 Å². The predicted molar refractivity (Wildman–Crippen MR) is 37.1 cm³/mol.